The SMILES string of the molecule is CCOC(Cc1ccc(OCCN(CCCCOCc2ccc(F)cc2)C(=O)Oc2ccccc2OC(F)(F)F)cc1)C(=O)O. The Kier molecular flexibility index (Phi) is 13.9. The third kappa shape index (κ3) is 13.0. The maximum absolute atomic E-state index is 13.1. The zero-order valence-corrected chi connectivity index (χ0v) is 24.6. The Balaban J connectivity index is 1.57. The van der Waals surface area contributed by atoms with E-state index >= 15 is 0 Å². The molecule has 0 fully saturated rings. The summed E-state index contributed by atoms with van der Waals surface area (Å²) in [5.41, 5.74) is 1.54. The highest BCUT2D eigenvalue weighted by Gasteiger charge is 2.33. The maximum Gasteiger partial charge on any atom is 0.573 e. The number of carbonyl (C=O) groups is 2. The van der Waals surface area contributed by atoms with Crippen LogP contribution in [0.3, 0.4) is 0 Å². The van der Waals surface area contributed by atoms with E-state index in [2.05, 4.69) is 4.74 Å². The van der Waals surface area contributed by atoms with Crippen LogP contribution in [0, 0.1) is 5.82 Å². The van der Waals surface area contributed by atoms with E-state index in [4.69, 9.17) is 18.9 Å². The third-order valence-corrected chi connectivity index (χ3v) is 6.30. The number of halogens is 4. The second-order valence-corrected chi connectivity index (χ2v) is 9.71. The molecular weight excluding hydrogens is 602 g/mol. The van der Waals surface area contributed by atoms with Gasteiger partial charge < -0.3 is 33.7 Å². The summed E-state index contributed by atoms with van der Waals surface area (Å²) in [6.45, 7) is 2.90. The molecule has 0 saturated heterocycles. The number of unbranched alkanes of at least 4 members (excludes halogenated alkanes) is 1. The van der Waals surface area contributed by atoms with Crippen LogP contribution in [0.2, 0.25) is 0 Å². The van der Waals surface area contributed by atoms with Crippen LogP contribution < -0.4 is 14.2 Å². The molecule has 1 atom stereocenters. The summed E-state index contributed by atoms with van der Waals surface area (Å²) in [6, 6.07) is 17.6. The highest BCUT2D eigenvalue weighted by atomic mass is 19.4. The van der Waals surface area contributed by atoms with Gasteiger partial charge in [-0.25, -0.2) is 14.0 Å². The van der Waals surface area contributed by atoms with Crippen LogP contribution in [-0.2, 0) is 27.3 Å². The summed E-state index contributed by atoms with van der Waals surface area (Å²) in [6.07, 6.45) is -5.62. The molecule has 0 aliphatic heterocycles. The predicted molar refractivity (Wildman–Crippen MR) is 155 cm³/mol. The number of hydrogen-bond donors (Lipinski definition) is 1. The number of carboxylic acids is 1. The van der Waals surface area contributed by atoms with Crippen LogP contribution >= 0.6 is 0 Å². The number of carbonyl (C=O) groups excluding carboxylic acids is 1. The Hall–Kier alpha value is -4.36. The molecule has 13 heteroatoms. The number of benzene rings is 3. The van der Waals surface area contributed by atoms with Gasteiger partial charge in [0, 0.05) is 26.2 Å². The summed E-state index contributed by atoms with van der Waals surface area (Å²) in [5, 5.41) is 9.28. The molecule has 0 saturated carbocycles. The standard InChI is InChI=1S/C32H35F4NO8/c1-2-42-29(30(38)39)21-23-11-15-26(16-12-23)43-20-18-37(17-5-6-19-41-22-24-9-13-25(33)14-10-24)31(40)44-27-7-3-4-8-28(27)45-32(34,35)36/h3-4,7-16,29H,2,5-6,17-22H2,1H3,(H,38,39). The Morgan fingerprint density at radius 3 is 2.18 bits per heavy atom. The average molecular weight is 638 g/mol. The summed E-state index contributed by atoms with van der Waals surface area (Å²) < 4.78 is 77.5. The zero-order chi connectivity index (χ0) is 32.7. The van der Waals surface area contributed by atoms with Gasteiger partial charge in [0.25, 0.3) is 0 Å². The van der Waals surface area contributed by atoms with Gasteiger partial charge in [0.1, 0.15) is 18.2 Å². The van der Waals surface area contributed by atoms with Crippen LogP contribution in [0.4, 0.5) is 22.4 Å². The molecule has 0 bridgehead atoms. The quantitative estimate of drug-likeness (QED) is 0.122. The van der Waals surface area contributed by atoms with Gasteiger partial charge in [-0.15, -0.1) is 13.2 Å². The first-order valence-electron chi connectivity index (χ1n) is 14.2. The third-order valence-electron chi connectivity index (χ3n) is 6.30. The van der Waals surface area contributed by atoms with Crippen molar-refractivity contribution in [2.24, 2.45) is 0 Å². The van der Waals surface area contributed by atoms with Gasteiger partial charge in [-0.1, -0.05) is 36.4 Å². The van der Waals surface area contributed by atoms with Crippen molar-refractivity contribution in [1.82, 2.24) is 4.90 Å². The van der Waals surface area contributed by atoms with Crippen molar-refractivity contribution in [3.8, 4) is 17.2 Å². The molecule has 1 unspecified atom stereocenters. The van der Waals surface area contributed by atoms with Crippen LogP contribution in [0.1, 0.15) is 30.9 Å². The van der Waals surface area contributed by atoms with E-state index in [0.29, 0.717) is 25.2 Å². The van der Waals surface area contributed by atoms with Crippen molar-refractivity contribution in [3.63, 3.8) is 0 Å². The lowest BCUT2D eigenvalue weighted by molar-refractivity contribution is -0.275. The number of hydrogen-bond acceptors (Lipinski definition) is 7. The number of aliphatic carboxylic acids is 1. The highest BCUT2D eigenvalue weighted by molar-refractivity contribution is 5.73. The minimum absolute atomic E-state index is 0.0346. The fraction of sp³-hybridized carbons (Fsp3) is 0.375. The summed E-state index contributed by atoms with van der Waals surface area (Å²) in [5.74, 6) is -1.98. The van der Waals surface area contributed by atoms with Gasteiger partial charge in [-0.2, -0.15) is 0 Å². The van der Waals surface area contributed by atoms with Gasteiger partial charge in [-0.05, 0) is 67.3 Å². The fourth-order valence-electron chi connectivity index (χ4n) is 4.10. The molecule has 0 heterocycles. The molecule has 0 radical (unpaired) electrons. The van der Waals surface area contributed by atoms with Crippen LogP contribution in [0.5, 0.6) is 17.2 Å². The molecule has 3 rings (SSSR count). The van der Waals surface area contributed by atoms with Gasteiger partial charge in [-0.3, -0.25) is 0 Å². The second kappa shape index (κ2) is 17.8. The molecule has 45 heavy (non-hydrogen) atoms. The van der Waals surface area contributed by atoms with Crippen molar-refractivity contribution in [2.75, 3.05) is 32.9 Å². The van der Waals surface area contributed by atoms with Crippen molar-refractivity contribution in [2.45, 2.75) is 45.3 Å². The minimum Gasteiger partial charge on any atom is -0.492 e. The van der Waals surface area contributed by atoms with E-state index in [9.17, 15) is 32.3 Å². The number of nitrogens with zero attached hydrogens (tertiary/aromatic N) is 1. The van der Waals surface area contributed by atoms with E-state index in [1.54, 1.807) is 43.3 Å². The number of carboxylic acid groups (broad SMARTS) is 1. The van der Waals surface area contributed by atoms with E-state index in [-0.39, 0.29) is 45.1 Å². The lowest BCUT2D eigenvalue weighted by Gasteiger charge is -2.23. The zero-order valence-electron chi connectivity index (χ0n) is 24.6. The topological polar surface area (TPSA) is 104 Å². The van der Waals surface area contributed by atoms with Crippen molar-refractivity contribution in [3.05, 3.63) is 89.7 Å². The number of amides is 1. The lowest BCUT2D eigenvalue weighted by atomic mass is 10.1. The largest absolute Gasteiger partial charge is 0.573 e. The molecule has 1 N–H and O–H groups in total. The molecule has 0 spiro atoms. The van der Waals surface area contributed by atoms with E-state index in [1.165, 1.54) is 35.2 Å². The molecular formula is C32H35F4NO8. The lowest BCUT2D eigenvalue weighted by Crippen LogP contribution is -2.37. The van der Waals surface area contributed by atoms with Crippen LogP contribution in [0.25, 0.3) is 0 Å². The summed E-state index contributed by atoms with van der Waals surface area (Å²) in [4.78, 5) is 25.7. The first-order chi connectivity index (χ1) is 21.5. The van der Waals surface area contributed by atoms with Crippen molar-refractivity contribution >= 4 is 12.1 Å². The first kappa shape index (κ1) is 35.1. The molecule has 244 valence electrons. The van der Waals surface area contributed by atoms with Gasteiger partial charge in [0.2, 0.25) is 0 Å². The number of alkyl halides is 3. The monoisotopic (exact) mass is 637 g/mol. The maximum atomic E-state index is 13.1. The molecule has 0 aromatic heterocycles. The van der Waals surface area contributed by atoms with Crippen LogP contribution in [0.15, 0.2) is 72.8 Å². The van der Waals surface area contributed by atoms with Gasteiger partial charge >= 0.3 is 18.4 Å². The average Bonchev–Trinajstić information content (AvgIpc) is 2.99. The molecule has 3 aromatic rings. The highest BCUT2D eigenvalue weighted by Crippen LogP contribution is 2.32. The smallest absolute Gasteiger partial charge is 0.492 e. The number of ether oxygens (including phenoxy) is 5. The Labute approximate surface area is 258 Å². The predicted octanol–water partition coefficient (Wildman–Crippen LogP) is 6.63. The van der Waals surface area contributed by atoms with Crippen molar-refractivity contribution in [1.29, 1.82) is 0 Å². The molecule has 0 aliphatic carbocycles. The van der Waals surface area contributed by atoms with E-state index < -0.39 is 36.0 Å². The molecule has 9 nitrogen and oxygen atoms in total. The fourth-order valence-corrected chi connectivity index (χ4v) is 4.10. The van der Waals surface area contributed by atoms with Gasteiger partial charge in [0.05, 0.1) is 13.2 Å². The molecule has 3 aromatic carbocycles. The second-order valence-electron chi connectivity index (χ2n) is 9.71. The number of rotatable bonds is 18. The minimum atomic E-state index is -4.98. The summed E-state index contributed by atoms with van der Waals surface area (Å²) >= 11 is 0. The van der Waals surface area contributed by atoms with E-state index in [1.807, 2.05) is 0 Å². The van der Waals surface area contributed by atoms with Crippen LogP contribution in [-0.4, -0.2) is 67.4 Å². The first-order valence-corrected chi connectivity index (χ1v) is 14.2. The Morgan fingerprint density at radius 1 is 0.867 bits per heavy atom. The van der Waals surface area contributed by atoms with Gasteiger partial charge in [0.15, 0.2) is 17.6 Å². The number of para-hydroxylation sites is 2. The summed E-state index contributed by atoms with van der Waals surface area (Å²) in [7, 11) is 0. The van der Waals surface area contributed by atoms with Crippen molar-refractivity contribution < 1.29 is 55.9 Å². The Morgan fingerprint density at radius 2 is 1.53 bits per heavy atom. The normalized spacial score (nSPS) is 11.9. The Bertz CT molecular complexity index is 1340. The van der Waals surface area contributed by atoms with E-state index in [0.717, 1.165) is 17.2 Å². The molecule has 1 amide bonds. The molecule has 0 aliphatic rings.